The van der Waals surface area contributed by atoms with Gasteiger partial charge in [0.15, 0.2) is 17.5 Å². The molecule has 3 N–H and O–H groups in total. The Bertz CT molecular complexity index is 1210. The maximum atomic E-state index is 14.8. The highest BCUT2D eigenvalue weighted by Crippen LogP contribution is 2.75. The number of unbranched alkanes of at least 4 members (excludes halogenated alkanes) is 8. The molecule has 8 heteroatoms. The Morgan fingerprint density at radius 2 is 1.60 bits per heavy atom. The molecule has 8 nitrogen and oxygen atoms in total. The highest BCUT2D eigenvalue weighted by Gasteiger charge is 2.83. The lowest BCUT2D eigenvalue weighted by Crippen LogP contribution is -2.66. The summed E-state index contributed by atoms with van der Waals surface area (Å²) in [5, 5.41) is 34.8. The summed E-state index contributed by atoms with van der Waals surface area (Å²) in [5.41, 5.74) is -5.69. The Kier molecular flexibility index (Phi) is 10.2. The summed E-state index contributed by atoms with van der Waals surface area (Å²) in [6, 6.07) is 0. The van der Waals surface area contributed by atoms with Crippen molar-refractivity contribution in [2.24, 2.45) is 34.0 Å². The highest BCUT2D eigenvalue weighted by atomic mass is 16.6. The van der Waals surface area contributed by atoms with Crippen LogP contribution < -0.4 is 0 Å². The van der Waals surface area contributed by atoms with Crippen molar-refractivity contribution >= 4 is 17.7 Å². The Morgan fingerprint density at radius 3 is 2.16 bits per heavy atom. The second-order valence-electron chi connectivity index (χ2n) is 16.1. The van der Waals surface area contributed by atoms with E-state index in [0.717, 1.165) is 19.3 Å². The fourth-order valence-corrected chi connectivity index (χ4v) is 9.01. The molecular weight excluding hydrogens is 572 g/mol. The smallest absolute Gasteiger partial charge is 0.311 e. The summed E-state index contributed by atoms with van der Waals surface area (Å²) >= 11 is 0. The molecule has 0 saturated heterocycles. The maximum Gasteiger partial charge on any atom is 0.311 e. The molecule has 0 aromatic rings. The fourth-order valence-electron chi connectivity index (χ4n) is 9.01. The van der Waals surface area contributed by atoms with Gasteiger partial charge < -0.3 is 24.8 Å². The minimum absolute atomic E-state index is 0.101. The van der Waals surface area contributed by atoms with Crippen LogP contribution in [-0.4, -0.2) is 63.1 Å². The van der Waals surface area contributed by atoms with Gasteiger partial charge in [0.1, 0.15) is 11.7 Å². The summed E-state index contributed by atoms with van der Waals surface area (Å²) in [6.07, 6.45) is 11.2. The van der Waals surface area contributed by atoms with Crippen LogP contribution in [0.15, 0.2) is 23.3 Å². The second kappa shape index (κ2) is 12.9. The number of esters is 2. The third kappa shape index (κ3) is 5.75. The topological polar surface area (TPSA) is 130 Å². The Hall–Kier alpha value is -2.03. The molecule has 0 aliphatic heterocycles. The monoisotopic (exact) mass is 630 g/mol. The number of ether oxygens (including phenoxy) is 2. The van der Waals surface area contributed by atoms with Crippen LogP contribution in [-0.2, 0) is 23.9 Å². The lowest BCUT2D eigenvalue weighted by Gasteiger charge is -2.49. The summed E-state index contributed by atoms with van der Waals surface area (Å²) in [5.74, 6) is -2.96. The van der Waals surface area contributed by atoms with Crippen LogP contribution in [0, 0.1) is 34.0 Å². The van der Waals surface area contributed by atoms with Gasteiger partial charge in [-0.15, -0.1) is 0 Å². The zero-order chi connectivity index (χ0) is 33.6. The van der Waals surface area contributed by atoms with Gasteiger partial charge in [0.2, 0.25) is 0 Å². The molecule has 0 amide bonds. The Balaban J connectivity index is 1.60. The quantitative estimate of drug-likeness (QED) is 0.128. The lowest BCUT2D eigenvalue weighted by molar-refractivity contribution is -0.208. The largest absolute Gasteiger partial charge is 0.458 e. The molecule has 0 radical (unpaired) electrons. The number of ketones is 1. The number of carbonyl (C=O) groups excluding carboxylic acids is 3. The molecule has 2 bridgehead atoms. The molecule has 8 atom stereocenters. The van der Waals surface area contributed by atoms with Gasteiger partial charge in [-0.2, -0.15) is 0 Å². The first-order chi connectivity index (χ1) is 21.0. The van der Waals surface area contributed by atoms with E-state index in [4.69, 9.17) is 9.47 Å². The Morgan fingerprint density at radius 1 is 1.02 bits per heavy atom. The van der Waals surface area contributed by atoms with Gasteiger partial charge >= 0.3 is 11.9 Å². The predicted molar refractivity (Wildman–Crippen MR) is 172 cm³/mol. The zero-order valence-corrected chi connectivity index (χ0v) is 28.9. The summed E-state index contributed by atoms with van der Waals surface area (Å²) < 4.78 is 12.3. The van der Waals surface area contributed by atoms with Crippen molar-refractivity contribution in [1.29, 1.82) is 0 Å². The van der Waals surface area contributed by atoms with Crippen LogP contribution in [0.25, 0.3) is 0 Å². The zero-order valence-electron chi connectivity index (χ0n) is 28.9. The van der Waals surface area contributed by atoms with Gasteiger partial charge in [-0.1, -0.05) is 91.2 Å². The minimum atomic E-state index is -2.25. The molecule has 4 aliphatic rings. The molecule has 0 heterocycles. The van der Waals surface area contributed by atoms with Crippen LogP contribution >= 0.6 is 0 Å². The van der Waals surface area contributed by atoms with E-state index >= 15 is 0 Å². The van der Waals surface area contributed by atoms with Crippen LogP contribution in [0.4, 0.5) is 0 Å². The van der Waals surface area contributed by atoms with Gasteiger partial charge in [-0.25, -0.2) is 0 Å². The van der Waals surface area contributed by atoms with E-state index in [1.54, 1.807) is 39.8 Å². The summed E-state index contributed by atoms with van der Waals surface area (Å²) in [4.78, 5) is 41.3. The second-order valence-corrected chi connectivity index (χ2v) is 16.1. The average Bonchev–Trinajstić information content (AvgIpc) is 3.35. The molecule has 254 valence electrons. The van der Waals surface area contributed by atoms with Crippen molar-refractivity contribution in [3.05, 3.63) is 23.3 Å². The summed E-state index contributed by atoms with van der Waals surface area (Å²) in [6.45, 7) is 14.3. The standard InChI is InChI=1S/C37H58O8/c1-9-10-11-12-13-14-15-16-17-18-27(39)45-36-21-24(3)35-20-23(2)31(44-32(42)33(4,5)6)37(35,43)29(40)25(22-38)19-26(30(35)41)28(36)34(36,7)8/h19-20,24,26,28-29,31,38,40,43H,9-18,21-22H2,1-8H3/t24-,26?,28+,29?,31?,35?,36+,37?/m1/s1. The van der Waals surface area contributed by atoms with Crippen molar-refractivity contribution in [3.63, 3.8) is 0 Å². The van der Waals surface area contributed by atoms with E-state index in [-0.39, 0.29) is 17.3 Å². The number of carbonyl (C=O) groups is 3. The van der Waals surface area contributed by atoms with Crippen molar-refractivity contribution in [1.82, 2.24) is 0 Å². The molecular formula is C37H58O8. The molecule has 2 fully saturated rings. The number of aliphatic hydroxyl groups is 3. The first-order valence-electron chi connectivity index (χ1n) is 17.4. The number of hydrogen-bond donors (Lipinski definition) is 3. The first-order valence-corrected chi connectivity index (χ1v) is 17.4. The van der Waals surface area contributed by atoms with Gasteiger partial charge in [-0.05, 0) is 57.6 Å². The van der Waals surface area contributed by atoms with E-state index in [0.29, 0.717) is 18.4 Å². The van der Waals surface area contributed by atoms with Gasteiger partial charge in [-0.3, -0.25) is 14.4 Å². The van der Waals surface area contributed by atoms with Crippen LogP contribution in [0.1, 0.15) is 126 Å². The Labute approximate surface area is 270 Å². The summed E-state index contributed by atoms with van der Waals surface area (Å²) in [7, 11) is 0. The first kappa shape index (κ1) is 35.8. The number of allylic oxidation sites excluding steroid dienone is 1. The highest BCUT2D eigenvalue weighted by molar-refractivity contribution is 5.96. The van der Waals surface area contributed by atoms with Crippen molar-refractivity contribution in [2.45, 2.75) is 149 Å². The van der Waals surface area contributed by atoms with E-state index in [1.807, 2.05) is 20.8 Å². The average molecular weight is 631 g/mol. The fraction of sp³-hybridized carbons (Fsp3) is 0.811. The molecule has 2 saturated carbocycles. The molecule has 4 rings (SSSR count). The van der Waals surface area contributed by atoms with Gasteiger partial charge in [0.25, 0.3) is 0 Å². The molecule has 1 spiro atoms. The number of hydrogen-bond acceptors (Lipinski definition) is 8. The van der Waals surface area contributed by atoms with Crippen LogP contribution in [0.3, 0.4) is 0 Å². The van der Waals surface area contributed by atoms with Crippen LogP contribution in [0.2, 0.25) is 0 Å². The van der Waals surface area contributed by atoms with E-state index in [1.165, 1.54) is 38.5 Å². The molecule has 0 aromatic carbocycles. The lowest BCUT2D eigenvalue weighted by atomic mass is 9.59. The number of aliphatic hydroxyl groups excluding tert-OH is 2. The molecule has 45 heavy (non-hydrogen) atoms. The minimum Gasteiger partial charge on any atom is -0.458 e. The molecule has 4 aliphatic carbocycles. The number of Topliss-reactive ketones (excluding diaryl/α,β-unsaturated/α-hetero) is 1. The van der Waals surface area contributed by atoms with Crippen molar-refractivity contribution in [2.75, 3.05) is 6.61 Å². The van der Waals surface area contributed by atoms with Gasteiger partial charge in [0, 0.05) is 23.7 Å². The normalized spacial score (nSPS) is 36.6. The van der Waals surface area contributed by atoms with E-state index in [9.17, 15) is 29.7 Å². The molecule has 5 unspecified atom stereocenters. The molecule has 0 aromatic heterocycles. The maximum absolute atomic E-state index is 14.8. The number of fused-ring (bicyclic) bond motifs is 3. The predicted octanol–water partition coefficient (Wildman–Crippen LogP) is 6.00. The third-order valence-corrected chi connectivity index (χ3v) is 11.6. The van der Waals surface area contributed by atoms with Crippen LogP contribution in [0.5, 0.6) is 0 Å². The van der Waals surface area contributed by atoms with Crippen molar-refractivity contribution in [3.8, 4) is 0 Å². The van der Waals surface area contributed by atoms with Crippen molar-refractivity contribution < 1.29 is 39.2 Å². The van der Waals surface area contributed by atoms with E-state index < -0.39 is 70.0 Å². The third-order valence-electron chi connectivity index (χ3n) is 11.6. The SMILES string of the molecule is CCCCCCCCCCCC(=O)O[C@@]12C[C@@H](C)C34C=C(C)C(OC(=O)C(C)(C)C)C3(O)C(O)C(CO)=CC(C4=O)[C@H]1C2(C)C. The van der Waals surface area contributed by atoms with Gasteiger partial charge in [0.05, 0.1) is 17.4 Å². The van der Waals surface area contributed by atoms with E-state index in [2.05, 4.69) is 6.92 Å². The number of rotatable bonds is 13.